The number of methoxy groups -OCH3 is 1. The van der Waals surface area contributed by atoms with E-state index in [1.54, 1.807) is 25.3 Å². The standard InChI is InChI=1S/C20H19NO5S/c1-25-16-7-5-6-15(12-16)13-21-20(22)19-11-10-17(26-19)14-27(23,24)18-8-3-2-4-9-18/h2-12H,13-14H2,1H3,(H,21,22). The Hall–Kier alpha value is -3.06. The highest BCUT2D eigenvalue weighted by Crippen LogP contribution is 2.18. The Kier molecular flexibility index (Phi) is 5.61. The van der Waals surface area contributed by atoms with E-state index < -0.39 is 15.7 Å². The van der Waals surface area contributed by atoms with Crippen LogP contribution < -0.4 is 10.1 Å². The molecule has 0 unspecified atom stereocenters. The molecular weight excluding hydrogens is 366 g/mol. The Morgan fingerprint density at radius 3 is 2.56 bits per heavy atom. The molecule has 1 heterocycles. The quantitative estimate of drug-likeness (QED) is 0.675. The topological polar surface area (TPSA) is 85.6 Å². The van der Waals surface area contributed by atoms with Crippen LogP contribution in [0.4, 0.5) is 0 Å². The zero-order valence-electron chi connectivity index (χ0n) is 14.7. The van der Waals surface area contributed by atoms with Crippen molar-refractivity contribution < 1.29 is 22.4 Å². The predicted molar refractivity (Wildman–Crippen MR) is 100 cm³/mol. The normalized spacial score (nSPS) is 11.1. The molecule has 0 radical (unpaired) electrons. The highest BCUT2D eigenvalue weighted by molar-refractivity contribution is 7.90. The summed E-state index contributed by atoms with van der Waals surface area (Å²) in [5, 5.41) is 2.74. The van der Waals surface area contributed by atoms with E-state index in [4.69, 9.17) is 9.15 Å². The highest BCUT2D eigenvalue weighted by atomic mass is 32.2. The summed E-state index contributed by atoms with van der Waals surface area (Å²) in [4.78, 5) is 12.4. The first-order valence-corrected chi connectivity index (χ1v) is 9.91. The van der Waals surface area contributed by atoms with Crippen molar-refractivity contribution >= 4 is 15.7 Å². The third-order valence-corrected chi connectivity index (χ3v) is 5.56. The van der Waals surface area contributed by atoms with Gasteiger partial charge < -0.3 is 14.5 Å². The Labute approximate surface area is 157 Å². The smallest absolute Gasteiger partial charge is 0.287 e. The van der Waals surface area contributed by atoms with Gasteiger partial charge in [-0.2, -0.15) is 0 Å². The summed E-state index contributed by atoms with van der Waals surface area (Å²) in [7, 11) is -1.95. The maximum atomic E-state index is 12.4. The van der Waals surface area contributed by atoms with E-state index in [1.165, 1.54) is 24.3 Å². The molecule has 0 bridgehead atoms. The molecule has 27 heavy (non-hydrogen) atoms. The van der Waals surface area contributed by atoms with Crippen LogP contribution in [0.2, 0.25) is 0 Å². The molecule has 0 aliphatic rings. The lowest BCUT2D eigenvalue weighted by Crippen LogP contribution is -2.22. The number of benzene rings is 2. The van der Waals surface area contributed by atoms with E-state index in [0.717, 1.165) is 5.56 Å². The zero-order valence-corrected chi connectivity index (χ0v) is 15.5. The average molecular weight is 385 g/mol. The SMILES string of the molecule is COc1cccc(CNC(=O)c2ccc(CS(=O)(=O)c3ccccc3)o2)c1. The van der Waals surface area contributed by atoms with Crippen molar-refractivity contribution in [2.24, 2.45) is 0 Å². The van der Waals surface area contributed by atoms with Crippen LogP contribution in [0.25, 0.3) is 0 Å². The van der Waals surface area contributed by atoms with E-state index in [9.17, 15) is 13.2 Å². The second-order valence-corrected chi connectivity index (χ2v) is 7.86. The van der Waals surface area contributed by atoms with Gasteiger partial charge in [0.05, 0.1) is 12.0 Å². The molecular formula is C20H19NO5S. The minimum Gasteiger partial charge on any atom is -0.497 e. The molecule has 0 aliphatic carbocycles. The molecule has 140 valence electrons. The summed E-state index contributed by atoms with van der Waals surface area (Å²) in [6.45, 7) is 0.300. The van der Waals surface area contributed by atoms with Gasteiger partial charge in [0, 0.05) is 6.54 Å². The van der Waals surface area contributed by atoms with Crippen LogP contribution in [0, 0.1) is 0 Å². The molecule has 2 aromatic carbocycles. The van der Waals surface area contributed by atoms with Gasteiger partial charge in [0.2, 0.25) is 0 Å². The monoisotopic (exact) mass is 385 g/mol. The van der Waals surface area contributed by atoms with E-state index >= 15 is 0 Å². The summed E-state index contributed by atoms with van der Waals surface area (Å²) < 4.78 is 35.3. The van der Waals surface area contributed by atoms with Crippen molar-refractivity contribution in [3.63, 3.8) is 0 Å². The van der Waals surface area contributed by atoms with Crippen LogP contribution in [0.1, 0.15) is 21.9 Å². The third kappa shape index (κ3) is 4.77. The Bertz CT molecular complexity index is 1030. The van der Waals surface area contributed by atoms with Crippen LogP contribution in [-0.2, 0) is 22.1 Å². The van der Waals surface area contributed by atoms with Crippen LogP contribution >= 0.6 is 0 Å². The summed E-state index contributed by atoms with van der Waals surface area (Å²) in [5.41, 5.74) is 0.876. The lowest BCUT2D eigenvalue weighted by atomic mass is 10.2. The molecule has 0 fully saturated rings. The second-order valence-electron chi connectivity index (χ2n) is 5.87. The van der Waals surface area contributed by atoms with Crippen molar-refractivity contribution in [3.8, 4) is 5.75 Å². The minimum atomic E-state index is -3.53. The molecule has 3 aromatic rings. The zero-order chi connectivity index (χ0) is 19.3. The highest BCUT2D eigenvalue weighted by Gasteiger charge is 2.19. The molecule has 0 aliphatic heterocycles. The first-order chi connectivity index (χ1) is 13.0. The largest absolute Gasteiger partial charge is 0.497 e. The summed E-state index contributed by atoms with van der Waals surface area (Å²) in [6.07, 6.45) is 0. The maximum Gasteiger partial charge on any atom is 0.287 e. The van der Waals surface area contributed by atoms with Gasteiger partial charge in [0.15, 0.2) is 15.6 Å². The van der Waals surface area contributed by atoms with Crippen molar-refractivity contribution in [1.82, 2.24) is 5.32 Å². The van der Waals surface area contributed by atoms with Crippen LogP contribution in [0.3, 0.4) is 0 Å². The average Bonchev–Trinajstić information content (AvgIpc) is 3.15. The molecule has 0 saturated heterocycles. The molecule has 1 N–H and O–H groups in total. The molecule has 0 atom stereocenters. The maximum absolute atomic E-state index is 12.4. The van der Waals surface area contributed by atoms with Crippen LogP contribution in [0.5, 0.6) is 5.75 Å². The number of furan rings is 1. The number of carbonyl (C=O) groups excluding carboxylic acids is 1. The van der Waals surface area contributed by atoms with Gasteiger partial charge in [-0.1, -0.05) is 30.3 Å². The number of hydrogen-bond acceptors (Lipinski definition) is 5. The number of hydrogen-bond donors (Lipinski definition) is 1. The summed E-state index contributed by atoms with van der Waals surface area (Å²) in [5.74, 6) is 0.260. The Balaban J connectivity index is 1.64. The summed E-state index contributed by atoms with van der Waals surface area (Å²) in [6, 6.07) is 18.4. The Morgan fingerprint density at radius 2 is 1.81 bits per heavy atom. The molecule has 1 amide bonds. The van der Waals surface area contributed by atoms with E-state index in [0.29, 0.717) is 12.3 Å². The first-order valence-electron chi connectivity index (χ1n) is 8.25. The first kappa shape index (κ1) is 18.7. The molecule has 7 heteroatoms. The van der Waals surface area contributed by atoms with Gasteiger partial charge in [0.25, 0.3) is 5.91 Å². The summed E-state index contributed by atoms with van der Waals surface area (Å²) >= 11 is 0. The molecule has 6 nitrogen and oxygen atoms in total. The third-order valence-electron chi connectivity index (χ3n) is 3.91. The molecule has 3 rings (SSSR count). The van der Waals surface area contributed by atoms with Crippen molar-refractivity contribution in [1.29, 1.82) is 0 Å². The number of amides is 1. The molecule has 1 aromatic heterocycles. The molecule has 0 saturated carbocycles. The molecule has 0 spiro atoms. The van der Waals surface area contributed by atoms with Gasteiger partial charge in [-0.15, -0.1) is 0 Å². The Morgan fingerprint density at radius 1 is 1.04 bits per heavy atom. The van der Waals surface area contributed by atoms with E-state index in [1.807, 2.05) is 24.3 Å². The number of nitrogens with one attached hydrogen (secondary N) is 1. The fraction of sp³-hybridized carbons (Fsp3) is 0.150. The van der Waals surface area contributed by atoms with Gasteiger partial charge in [-0.25, -0.2) is 8.42 Å². The van der Waals surface area contributed by atoms with Crippen molar-refractivity contribution in [2.75, 3.05) is 7.11 Å². The van der Waals surface area contributed by atoms with Crippen molar-refractivity contribution in [3.05, 3.63) is 83.8 Å². The number of rotatable bonds is 7. The fourth-order valence-corrected chi connectivity index (χ4v) is 3.80. The van der Waals surface area contributed by atoms with Crippen LogP contribution in [0.15, 0.2) is 76.0 Å². The second kappa shape index (κ2) is 8.09. The fourth-order valence-electron chi connectivity index (χ4n) is 2.53. The number of ether oxygens (including phenoxy) is 1. The number of sulfone groups is 1. The van der Waals surface area contributed by atoms with E-state index in [-0.39, 0.29) is 22.2 Å². The van der Waals surface area contributed by atoms with Gasteiger partial charge >= 0.3 is 0 Å². The van der Waals surface area contributed by atoms with Gasteiger partial charge in [-0.05, 0) is 42.0 Å². The van der Waals surface area contributed by atoms with Crippen molar-refractivity contribution in [2.45, 2.75) is 17.2 Å². The minimum absolute atomic E-state index is 0.0659. The lowest BCUT2D eigenvalue weighted by molar-refractivity contribution is 0.0921. The number of carbonyl (C=O) groups is 1. The van der Waals surface area contributed by atoms with E-state index in [2.05, 4.69) is 5.32 Å². The lowest BCUT2D eigenvalue weighted by Gasteiger charge is -2.06. The van der Waals surface area contributed by atoms with Gasteiger partial charge in [-0.3, -0.25) is 4.79 Å². The van der Waals surface area contributed by atoms with Crippen LogP contribution in [-0.4, -0.2) is 21.4 Å². The predicted octanol–water partition coefficient (Wildman–Crippen LogP) is 3.19. The van der Waals surface area contributed by atoms with Gasteiger partial charge in [0.1, 0.15) is 17.3 Å².